The summed E-state index contributed by atoms with van der Waals surface area (Å²) in [6.45, 7) is 4.21. The summed E-state index contributed by atoms with van der Waals surface area (Å²) in [6, 6.07) is 14.9. The van der Waals surface area contributed by atoms with Gasteiger partial charge in [-0.2, -0.15) is 0 Å². The first kappa shape index (κ1) is 20.9. The van der Waals surface area contributed by atoms with Crippen LogP contribution in [0.15, 0.2) is 53.4 Å². The maximum absolute atomic E-state index is 12.5. The van der Waals surface area contributed by atoms with Crippen LogP contribution in [0.25, 0.3) is 0 Å². The second kappa shape index (κ2) is 9.60. The van der Waals surface area contributed by atoms with Gasteiger partial charge in [-0.1, -0.05) is 62.4 Å². The van der Waals surface area contributed by atoms with Crippen molar-refractivity contribution in [3.05, 3.63) is 59.7 Å². The number of unbranched alkanes of at least 4 members (excludes halogenated alkanes) is 2. The number of benzene rings is 2. The van der Waals surface area contributed by atoms with Gasteiger partial charge in [-0.25, -0.2) is 8.42 Å². The zero-order valence-corrected chi connectivity index (χ0v) is 18.0. The second-order valence-electron chi connectivity index (χ2n) is 8.25. The molecule has 0 bridgehead atoms. The van der Waals surface area contributed by atoms with Crippen molar-refractivity contribution in [1.82, 2.24) is 0 Å². The van der Waals surface area contributed by atoms with Gasteiger partial charge in [-0.05, 0) is 74.3 Å². The highest BCUT2D eigenvalue weighted by Gasteiger charge is 2.22. The molecule has 1 N–H and O–H groups in total. The molecule has 0 aromatic heterocycles. The van der Waals surface area contributed by atoms with Crippen molar-refractivity contribution < 1.29 is 8.42 Å². The Bertz CT molecular complexity index is 833. The van der Waals surface area contributed by atoms with Crippen LogP contribution in [0.4, 0.5) is 5.69 Å². The maximum atomic E-state index is 12.5. The molecule has 1 saturated carbocycles. The van der Waals surface area contributed by atoms with E-state index in [1.165, 1.54) is 56.9 Å². The quantitative estimate of drug-likeness (QED) is 0.505. The average molecular weight is 400 g/mol. The summed E-state index contributed by atoms with van der Waals surface area (Å²) in [5, 5.41) is 0. The predicted molar refractivity (Wildman–Crippen MR) is 117 cm³/mol. The molecule has 0 amide bonds. The minimum absolute atomic E-state index is 0.295. The SMILES string of the molecule is CCCCCC1CCC(c2ccc(NS(=O)(=O)c3ccc(C)cc3)cc2)CC1. The van der Waals surface area contributed by atoms with Crippen LogP contribution in [0.2, 0.25) is 0 Å². The molecule has 0 atom stereocenters. The molecule has 1 aliphatic carbocycles. The van der Waals surface area contributed by atoms with Crippen LogP contribution in [0.1, 0.15) is 75.3 Å². The molecule has 2 aromatic rings. The van der Waals surface area contributed by atoms with Gasteiger partial charge in [0.2, 0.25) is 0 Å². The summed E-state index contributed by atoms with van der Waals surface area (Å²) in [5.74, 6) is 1.52. The minimum atomic E-state index is -3.54. The van der Waals surface area contributed by atoms with Crippen molar-refractivity contribution in [2.75, 3.05) is 4.72 Å². The molecular weight excluding hydrogens is 366 g/mol. The Morgan fingerprint density at radius 3 is 2.14 bits per heavy atom. The smallest absolute Gasteiger partial charge is 0.261 e. The van der Waals surface area contributed by atoms with Gasteiger partial charge in [0.1, 0.15) is 0 Å². The van der Waals surface area contributed by atoms with Crippen LogP contribution in [-0.2, 0) is 10.0 Å². The molecule has 3 rings (SSSR count). The lowest BCUT2D eigenvalue weighted by Gasteiger charge is -2.29. The fourth-order valence-electron chi connectivity index (χ4n) is 4.22. The number of hydrogen-bond donors (Lipinski definition) is 1. The molecule has 28 heavy (non-hydrogen) atoms. The number of rotatable bonds is 8. The number of anilines is 1. The van der Waals surface area contributed by atoms with E-state index < -0.39 is 10.0 Å². The molecule has 1 aliphatic rings. The lowest BCUT2D eigenvalue weighted by atomic mass is 9.77. The van der Waals surface area contributed by atoms with Crippen molar-refractivity contribution in [3.8, 4) is 0 Å². The van der Waals surface area contributed by atoms with Gasteiger partial charge in [0.15, 0.2) is 0 Å². The van der Waals surface area contributed by atoms with Gasteiger partial charge in [-0.15, -0.1) is 0 Å². The molecule has 0 saturated heterocycles. The Morgan fingerprint density at radius 2 is 1.54 bits per heavy atom. The topological polar surface area (TPSA) is 46.2 Å². The third-order valence-electron chi connectivity index (χ3n) is 6.03. The molecule has 0 heterocycles. The summed E-state index contributed by atoms with van der Waals surface area (Å²) in [4.78, 5) is 0.295. The second-order valence-corrected chi connectivity index (χ2v) is 9.94. The fraction of sp³-hybridized carbons (Fsp3) is 0.500. The molecule has 3 nitrogen and oxygen atoms in total. The number of nitrogens with one attached hydrogen (secondary N) is 1. The third kappa shape index (κ3) is 5.60. The first-order valence-corrected chi connectivity index (χ1v) is 12.2. The minimum Gasteiger partial charge on any atom is -0.280 e. The molecule has 0 spiro atoms. The summed E-state index contributed by atoms with van der Waals surface area (Å²) >= 11 is 0. The Balaban J connectivity index is 1.56. The standard InChI is InChI=1S/C24H33NO2S/c1-3-4-5-6-20-9-11-21(12-10-20)22-13-15-23(16-14-22)25-28(26,27)24-17-7-19(2)8-18-24/h7-8,13-18,20-21,25H,3-6,9-12H2,1-2H3. The zero-order chi connectivity index (χ0) is 20.0. The van der Waals surface area contributed by atoms with E-state index in [1.807, 2.05) is 31.2 Å². The Kier molecular flexibility index (Phi) is 7.17. The largest absolute Gasteiger partial charge is 0.280 e. The van der Waals surface area contributed by atoms with E-state index >= 15 is 0 Å². The van der Waals surface area contributed by atoms with Crippen LogP contribution < -0.4 is 4.72 Å². The van der Waals surface area contributed by atoms with Crippen LogP contribution in [0, 0.1) is 12.8 Å². The van der Waals surface area contributed by atoms with Crippen molar-refractivity contribution in [1.29, 1.82) is 0 Å². The highest BCUT2D eigenvalue weighted by atomic mass is 32.2. The van der Waals surface area contributed by atoms with E-state index in [-0.39, 0.29) is 0 Å². The molecule has 1 fully saturated rings. The molecule has 0 unspecified atom stereocenters. The fourth-order valence-corrected chi connectivity index (χ4v) is 5.28. The van der Waals surface area contributed by atoms with E-state index in [1.54, 1.807) is 12.1 Å². The first-order chi connectivity index (χ1) is 13.5. The summed E-state index contributed by atoms with van der Waals surface area (Å²) in [6.07, 6.45) is 10.6. The van der Waals surface area contributed by atoms with Crippen molar-refractivity contribution in [3.63, 3.8) is 0 Å². The van der Waals surface area contributed by atoms with Crippen molar-refractivity contribution >= 4 is 15.7 Å². The van der Waals surface area contributed by atoms with E-state index in [2.05, 4.69) is 23.8 Å². The summed E-state index contributed by atoms with van der Waals surface area (Å²) in [5.41, 5.74) is 3.01. The number of sulfonamides is 1. The molecule has 0 radical (unpaired) electrons. The molecular formula is C24H33NO2S. The number of aryl methyl sites for hydroxylation is 1. The average Bonchev–Trinajstić information content (AvgIpc) is 2.69. The van der Waals surface area contributed by atoms with Gasteiger partial charge in [0.05, 0.1) is 4.90 Å². The van der Waals surface area contributed by atoms with Crippen LogP contribution >= 0.6 is 0 Å². The lowest BCUT2D eigenvalue weighted by Crippen LogP contribution is -2.14. The van der Waals surface area contributed by atoms with Crippen LogP contribution in [0.3, 0.4) is 0 Å². The normalized spacial score (nSPS) is 20.1. The van der Waals surface area contributed by atoms with Crippen molar-refractivity contribution in [2.45, 2.75) is 76.0 Å². The van der Waals surface area contributed by atoms with Crippen LogP contribution in [-0.4, -0.2) is 8.42 Å². The summed E-state index contributed by atoms with van der Waals surface area (Å²) in [7, 11) is -3.54. The molecule has 2 aromatic carbocycles. The van der Waals surface area contributed by atoms with E-state index in [0.29, 0.717) is 16.5 Å². The Labute approximate surface area is 170 Å². The first-order valence-electron chi connectivity index (χ1n) is 10.7. The predicted octanol–water partition coefficient (Wildman–Crippen LogP) is 6.65. The van der Waals surface area contributed by atoms with Gasteiger partial charge in [0.25, 0.3) is 10.0 Å². The third-order valence-corrected chi connectivity index (χ3v) is 7.43. The zero-order valence-electron chi connectivity index (χ0n) is 17.2. The van der Waals surface area contributed by atoms with E-state index in [4.69, 9.17) is 0 Å². The van der Waals surface area contributed by atoms with Crippen molar-refractivity contribution in [2.24, 2.45) is 5.92 Å². The number of hydrogen-bond acceptors (Lipinski definition) is 2. The Hall–Kier alpha value is -1.81. The van der Waals surface area contributed by atoms with E-state index in [9.17, 15) is 8.42 Å². The highest BCUT2D eigenvalue weighted by Crippen LogP contribution is 2.38. The van der Waals surface area contributed by atoms with Gasteiger partial charge in [-0.3, -0.25) is 4.72 Å². The van der Waals surface area contributed by atoms with Gasteiger partial charge >= 0.3 is 0 Å². The summed E-state index contributed by atoms with van der Waals surface area (Å²) < 4.78 is 27.8. The van der Waals surface area contributed by atoms with Crippen LogP contribution in [0.5, 0.6) is 0 Å². The van der Waals surface area contributed by atoms with E-state index in [0.717, 1.165) is 11.5 Å². The maximum Gasteiger partial charge on any atom is 0.261 e. The van der Waals surface area contributed by atoms with Gasteiger partial charge in [0, 0.05) is 5.69 Å². The Morgan fingerprint density at radius 1 is 0.893 bits per heavy atom. The molecule has 152 valence electrons. The molecule has 4 heteroatoms. The lowest BCUT2D eigenvalue weighted by molar-refractivity contribution is 0.303. The monoisotopic (exact) mass is 399 g/mol. The highest BCUT2D eigenvalue weighted by molar-refractivity contribution is 7.92. The van der Waals surface area contributed by atoms with Gasteiger partial charge < -0.3 is 0 Å². The molecule has 0 aliphatic heterocycles.